The van der Waals surface area contributed by atoms with Crippen LogP contribution in [0, 0.1) is 0 Å². The lowest BCUT2D eigenvalue weighted by atomic mass is 9.77. The second-order valence-corrected chi connectivity index (χ2v) is 5.80. The molecule has 0 bridgehead atoms. The van der Waals surface area contributed by atoms with Crippen LogP contribution in [0.1, 0.15) is 49.9 Å². The highest BCUT2D eigenvalue weighted by Gasteiger charge is 2.46. The van der Waals surface area contributed by atoms with Crippen molar-refractivity contribution in [2.75, 3.05) is 13.2 Å². The van der Waals surface area contributed by atoms with E-state index in [2.05, 4.69) is 0 Å². The smallest absolute Gasteiger partial charge is 0.314 e. The molecule has 5 heteroatoms. The zero-order chi connectivity index (χ0) is 15.0. The zero-order valence-corrected chi connectivity index (χ0v) is 12.0. The van der Waals surface area contributed by atoms with Crippen molar-refractivity contribution < 1.29 is 23.8 Å². The Hall–Kier alpha value is -1.78. The minimum absolute atomic E-state index is 0.389. The zero-order valence-electron chi connectivity index (χ0n) is 12.0. The summed E-state index contributed by atoms with van der Waals surface area (Å²) in [4.78, 5) is 11.9. The van der Waals surface area contributed by atoms with Crippen LogP contribution in [0.25, 0.3) is 0 Å². The molecule has 3 rings (SSSR count). The van der Waals surface area contributed by atoms with Crippen molar-refractivity contribution in [2.45, 2.75) is 44.2 Å². The van der Waals surface area contributed by atoms with E-state index in [9.17, 15) is 14.3 Å². The van der Waals surface area contributed by atoms with Crippen LogP contribution in [0.4, 0.5) is 4.39 Å². The third-order valence-corrected chi connectivity index (χ3v) is 4.51. The fourth-order valence-electron chi connectivity index (χ4n) is 3.34. The predicted molar refractivity (Wildman–Crippen MR) is 74.7 cm³/mol. The molecule has 114 valence electrons. The Labute approximate surface area is 122 Å². The maximum Gasteiger partial charge on any atom is 0.314 e. The van der Waals surface area contributed by atoms with Crippen molar-refractivity contribution in [1.82, 2.24) is 0 Å². The number of ether oxygens (including phenoxy) is 2. The largest absolute Gasteiger partial charge is 0.486 e. The number of halogens is 1. The van der Waals surface area contributed by atoms with Crippen LogP contribution in [0.2, 0.25) is 0 Å². The summed E-state index contributed by atoms with van der Waals surface area (Å²) in [5, 5.41) is 9.76. The number of carboxylic acids is 1. The molecule has 1 aromatic carbocycles. The highest BCUT2D eigenvalue weighted by atomic mass is 19.1. The SMILES string of the molecule is CC(F)c1cc2c(c(C3(C(=O)O)CCCC3)c1)OCCO2. The van der Waals surface area contributed by atoms with Crippen molar-refractivity contribution in [3.63, 3.8) is 0 Å². The van der Waals surface area contributed by atoms with Gasteiger partial charge in [-0.2, -0.15) is 0 Å². The molecule has 0 saturated heterocycles. The molecule has 0 amide bonds. The van der Waals surface area contributed by atoms with Gasteiger partial charge in [-0.15, -0.1) is 0 Å². The minimum Gasteiger partial charge on any atom is -0.486 e. The molecule has 1 N–H and O–H groups in total. The molecule has 21 heavy (non-hydrogen) atoms. The fraction of sp³-hybridized carbons (Fsp3) is 0.562. The van der Waals surface area contributed by atoms with Crippen LogP contribution in [0.3, 0.4) is 0 Å². The van der Waals surface area contributed by atoms with Gasteiger partial charge in [0.1, 0.15) is 19.4 Å². The number of fused-ring (bicyclic) bond motifs is 1. The highest BCUT2D eigenvalue weighted by Crippen LogP contribution is 2.49. The molecule has 1 aromatic rings. The molecule has 1 atom stereocenters. The average molecular weight is 294 g/mol. The first kappa shape index (κ1) is 14.2. The number of benzene rings is 1. The quantitative estimate of drug-likeness (QED) is 0.928. The van der Waals surface area contributed by atoms with Crippen molar-refractivity contribution in [2.24, 2.45) is 0 Å². The molecule has 2 aliphatic rings. The van der Waals surface area contributed by atoms with Crippen LogP contribution in [0.5, 0.6) is 11.5 Å². The second-order valence-electron chi connectivity index (χ2n) is 5.80. The van der Waals surface area contributed by atoms with Gasteiger partial charge in [0.25, 0.3) is 0 Å². The van der Waals surface area contributed by atoms with Gasteiger partial charge in [-0.1, -0.05) is 12.8 Å². The molecular weight excluding hydrogens is 275 g/mol. The summed E-state index contributed by atoms with van der Waals surface area (Å²) in [7, 11) is 0. The summed E-state index contributed by atoms with van der Waals surface area (Å²) >= 11 is 0. The van der Waals surface area contributed by atoms with E-state index in [0.717, 1.165) is 12.8 Å². The van der Waals surface area contributed by atoms with Crippen LogP contribution in [-0.2, 0) is 10.2 Å². The summed E-state index contributed by atoms with van der Waals surface area (Å²) < 4.78 is 25.0. The van der Waals surface area contributed by atoms with Gasteiger partial charge in [-0.05, 0) is 37.5 Å². The van der Waals surface area contributed by atoms with E-state index < -0.39 is 17.6 Å². The molecule has 1 saturated carbocycles. The lowest BCUT2D eigenvalue weighted by Crippen LogP contribution is -2.34. The van der Waals surface area contributed by atoms with E-state index in [1.807, 2.05) is 0 Å². The maximum absolute atomic E-state index is 13.8. The Morgan fingerprint density at radius 3 is 2.57 bits per heavy atom. The summed E-state index contributed by atoms with van der Waals surface area (Å²) in [6.07, 6.45) is 1.66. The second kappa shape index (κ2) is 5.20. The highest BCUT2D eigenvalue weighted by molar-refractivity contribution is 5.83. The van der Waals surface area contributed by atoms with E-state index in [1.165, 1.54) is 6.92 Å². The normalized spacial score (nSPS) is 21.0. The molecular formula is C16H19FO4. The van der Waals surface area contributed by atoms with Crippen molar-refractivity contribution in [3.05, 3.63) is 23.3 Å². The Balaban J connectivity index is 2.19. The van der Waals surface area contributed by atoms with Gasteiger partial charge in [0.05, 0.1) is 5.41 Å². The van der Waals surface area contributed by atoms with Crippen molar-refractivity contribution >= 4 is 5.97 Å². The molecule has 1 aliphatic heterocycles. The van der Waals surface area contributed by atoms with Gasteiger partial charge < -0.3 is 14.6 Å². The van der Waals surface area contributed by atoms with E-state index in [4.69, 9.17) is 9.47 Å². The lowest BCUT2D eigenvalue weighted by Gasteiger charge is -2.30. The Morgan fingerprint density at radius 1 is 1.29 bits per heavy atom. The first-order valence-corrected chi connectivity index (χ1v) is 7.36. The number of hydrogen-bond donors (Lipinski definition) is 1. The molecule has 0 spiro atoms. The predicted octanol–water partition coefficient (Wildman–Crippen LogP) is 3.38. The van der Waals surface area contributed by atoms with Crippen molar-refractivity contribution in [1.29, 1.82) is 0 Å². The van der Waals surface area contributed by atoms with Gasteiger partial charge in [0.2, 0.25) is 0 Å². The average Bonchev–Trinajstić information content (AvgIpc) is 2.96. The number of alkyl halides is 1. The number of carboxylic acid groups (broad SMARTS) is 1. The Morgan fingerprint density at radius 2 is 1.95 bits per heavy atom. The standard InChI is InChI=1S/C16H19FO4/c1-10(17)11-8-12(14-13(9-11)20-6-7-21-14)16(15(18)19)4-2-3-5-16/h8-10H,2-7H2,1H3,(H,18,19). The van der Waals surface area contributed by atoms with E-state index in [-0.39, 0.29) is 0 Å². The van der Waals surface area contributed by atoms with Gasteiger partial charge >= 0.3 is 5.97 Å². The van der Waals surface area contributed by atoms with E-state index >= 15 is 0 Å². The van der Waals surface area contributed by atoms with Gasteiger partial charge in [0, 0.05) is 5.56 Å². The molecule has 1 fully saturated rings. The monoisotopic (exact) mass is 294 g/mol. The summed E-state index contributed by atoms with van der Waals surface area (Å²) in [6, 6.07) is 3.27. The summed E-state index contributed by atoms with van der Waals surface area (Å²) in [5.74, 6) is 0.0840. The number of aliphatic carboxylic acids is 1. The lowest BCUT2D eigenvalue weighted by molar-refractivity contribution is -0.143. The topological polar surface area (TPSA) is 55.8 Å². The minimum atomic E-state index is -1.17. The Kier molecular flexibility index (Phi) is 3.51. The molecule has 1 unspecified atom stereocenters. The third kappa shape index (κ3) is 2.24. The van der Waals surface area contributed by atoms with Gasteiger partial charge in [0.15, 0.2) is 11.5 Å². The van der Waals surface area contributed by atoms with Crippen molar-refractivity contribution in [3.8, 4) is 11.5 Å². The summed E-state index contributed by atoms with van der Waals surface area (Å²) in [5.41, 5.74) is 0.0429. The van der Waals surface area contributed by atoms with Crippen LogP contribution in [0.15, 0.2) is 12.1 Å². The van der Waals surface area contributed by atoms with Crippen LogP contribution >= 0.6 is 0 Å². The Bertz CT molecular complexity index is 562. The molecule has 0 aromatic heterocycles. The molecule has 1 aliphatic carbocycles. The maximum atomic E-state index is 13.8. The first-order valence-electron chi connectivity index (χ1n) is 7.36. The first-order chi connectivity index (χ1) is 10.0. The van der Waals surface area contributed by atoms with Crippen LogP contribution in [-0.4, -0.2) is 24.3 Å². The van der Waals surface area contributed by atoms with Gasteiger partial charge in [-0.25, -0.2) is 4.39 Å². The van der Waals surface area contributed by atoms with E-state index in [1.54, 1.807) is 12.1 Å². The molecule has 0 radical (unpaired) electrons. The third-order valence-electron chi connectivity index (χ3n) is 4.51. The number of carbonyl (C=O) groups is 1. The van der Waals surface area contributed by atoms with E-state index in [0.29, 0.717) is 48.7 Å². The summed E-state index contributed by atoms with van der Waals surface area (Å²) in [6.45, 7) is 2.23. The fourth-order valence-corrected chi connectivity index (χ4v) is 3.34. The number of rotatable bonds is 3. The number of hydrogen-bond acceptors (Lipinski definition) is 3. The molecule has 1 heterocycles. The van der Waals surface area contributed by atoms with Gasteiger partial charge in [-0.3, -0.25) is 4.79 Å². The van der Waals surface area contributed by atoms with Crippen LogP contribution < -0.4 is 9.47 Å². The molecule has 4 nitrogen and oxygen atoms in total.